The zero-order chi connectivity index (χ0) is 34.4. The maximum Gasteiger partial charge on any atom is 0.0900 e. The van der Waals surface area contributed by atoms with E-state index in [1.165, 1.54) is 65.7 Å². The molecule has 3 aromatic heterocycles. The van der Waals surface area contributed by atoms with Crippen molar-refractivity contribution in [1.29, 1.82) is 0 Å². The van der Waals surface area contributed by atoms with Crippen LogP contribution in [0.25, 0.3) is 99.6 Å². The van der Waals surface area contributed by atoms with E-state index >= 15 is 0 Å². The molecule has 3 heteroatoms. The molecule has 10 aromatic rings. The van der Waals surface area contributed by atoms with E-state index in [0.29, 0.717) is 0 Å². The zero-order valence-corrected chi connectivity index (χ0v) is 28.2. The number of rotatable bonds is 6. The molecular formula is C49H31N3. The number of aromatic nitrogens is 3. The molecule has 0 saturated carbocycles. The molecule has 10 rings (SSSR count). The van der Waals surface area contributed by atoms with Crippen molar-refractivity contribution in [3.05, 3.63) is 188 Å². The molecule has 0 aliphatic carbocycles. The summed E-state index contributed by atoms with van der Waals surface area (Å²) >= 11 is 0. The lowest BCUT2D eigenvalue weighted by atomic mass is 9.89. The summed E-state index contributed by atoms with van der Waals surface area (Å²) < 4.78 is 0. The number of hydrogen-bond donors (Lipinski definition) is 0. The Morgan fingerprint density at radius 3 is 1.33 bits per heavy atom. The van der Waals surface area contributed by atoms with Crippen molar-refractivity contribution < 1.29 is 0 Å². The highest BCUT2D eigenvalue weighted by atomic mass is 14.8. The first kappa shape index (κ1) is 29.9. The third kappa shape index (κ3) is 5.19. The van der Waals surface area contributed by atoms with E-state index in [2.05, 4.69) is 149 Å². The SMILES string of the molecule is c1ccc(-c2cc(-c3ccc(-c4ccccc4-c4ccc(-c5ccc6ccc7cccc8ccc5c6c78)cc4)cc3)cc(-c3ccccn3)n2)nc1. The Morgan fingerprint density at radius 1 is 0.288 bits per heavy atom. The summed E-state index contributed by atoms with van der Waals surface area (Å²) in [7, 11) is 0. The molecule has 0 atom stereocenters. The number of nitrogens with zero attached hydrogens (tertiary/aromatic N) is 3. The van der Waals surface area contributed by atoms with E-state index in [1.807, 2.05) is 36.4 Å². The second-order valence-electron chi connectivity index (χ2n) is 13.2. The van der Waals surface area contributed by atoms with Crippen LogP contribution >= 0.6 is 0 Å². The number of benzene rings is 7. The second-order valence-corrected chi connectivity index (χ2v) is 13.2. The van der Waals surface area contributed by atoms with Crippen LogP contribution in [0.4, 0.5) is 0 Å². The quantitative estimate of drug-likeness (QED) is 0.166. The number of pyridine rings is 3. The third-order valence-corrected chi connectivity index (χ3v) is 10.2. The predicted molar refractivity (Wildman–Crippen MR) is 216 cm³/mol. The van der Waals surface area contributed by atoms with Crippen molar-refractivity contribution >= 4 is 32.3 Å². The van der Waals surface area contributed by atoms with Gasteiger partial charge in [0.05, 0.1) is 22.8 Å². The minimum atomic E-state index is 0.818. The fourth-order valence-corrected chi connectivity index (χ4v) is 7.63. The Kier molecular flexibility index (Phi) is 7.14. The molecule has 0 spiro atoms. The predicted octanol–water partition coefficient (Wildman–Crippen LogP) is 12.8. The van der Waals surface area contributed by atoms with Gasteiger partial charge < -0.3 is 0 Å². The van der Waals surface area contributed by atoms with Crippen LogP contribution in [0.3, 0.4) is 0 Å². The summed E-state index contributed by atoms with van der Waals surface area (Å²) in [6, 6.07) is 62.7. The van der Waals surface area contributed by atoms with Gasteiger partial charge >= 0.3 is 0 Å². The van der Waals surface area contributed by atoms with Gasteiger partial charge in [0, 0.05) is 12.4 Å². The Hall–Kier alpha value is -6.97. The largest absolute Gasteiger partial charge is 0.255 e. The summed E-state index contributed by atoms with van der Waals surface area (Å²) in [6.45, 7) is 0. The minimum Gasteiger partial charge on any atom is -0.255 e. The van der Waals surface area contributed by atoms with Crippen molar-refractivity contribution in [3.8, 4) is 67.3 Å². The number of hydrogen-bond acceptors (Lipinski definition) is 3. The third-order valence-electron chi connectivity index (χ3n) is 10.2. The van der Waals surface area contributed by atoms with E-state index in [4.69, 9.17) is 4.98 Å². The van der Waals surface area contributed by atoms with Gasteiger partial charge in [0.25, 0.3) is 0 Å². The van der Waals surface area contributed by atoms with Crippen molar-refractivity contribution in [2.45, 2.75) is 0 Å². The minimum absolute atomic E-state index is 0.818. The Bertz CT molecular complexity index is 2790. The highest BCUT2D eigenvalue weighted by Crippen LogP contribution is 2.40. The lowest BCUT2D eigenvalue weighted by molar-refractivity contribution is 1.22. The summed E-state index contributed by atoms with van der Waals surface area (Å²) in [4.78, 5) is 14.1. The summed E-state index contributed by atoms with van der Waals surface area (Å²) in [5, 5.41) is 7.85. The topological polar surface area (TPSA) is 38.7 Å². The summed E-state index contributed by atoms with van der Waals surface area (Å²) in [6.07, 6.45) is 3.60. The zero-order valence-electron chi connectivity index (χ0n) is 28.2. The molecule has 0 unspecified atom stereocenters. The van der Waals surface area contributed by atoms with Gasteiger partial charge in [-0.05, 0) is 113 Å². The molecule has 3 heterocycles. The monoisotopic (exact) mass is 661 g/mol. The maximum absolute atomic E-state index is 4.94. The van der Waals surface area contributed by atoms with Crippen molar-refractivity contribution in [2.75, 3.05) is 0 Å². The van der Waals surface area contributed by atoms with E-state index in [-0.39, 0.29) is 0 Å². The van der Waals surface area contributed by atoms with Crippen LogP contribution in [-0.2, 0) is 0 Å². The lowest BCUT2D eigenvalue weighted by Crippen LogP contribution is -1.94. The van der Waals surface area contributed by atoms with E-state index in [9.17, 15) is 0 Å². The molecular weight excluding hydrogens is 631 g/mol. The van der Waals surface area contributed by atoms with E-state index in [1.54, 1.807) is 12.4 Å². The van der Waals surface area contributed by atoms with Crippen LogP contribution in [0.2, 0.25) is 0 Å². The van der Waals surface area contributed by atoms with Gasteiger partial charge in [0.1, 0.15) is 0 Å². The van der Waals surface area contributed by atoms with Crippen LogP contribution in [0, 0.1) is 0 Å². The van der Waals surface area contributed by atoms with Crippen LogP contribution in [0.1, 0.15) is 0 Å². The van der Waals surface area contributed by atoms with Gasteiger partial charge in [-0.2, -0.15) is 0 Å². The highest BCUT2D eigenvalue weighted by molar-refractivity contribution is 6.25. The maximum atomic E-state index is 4.94. The molecule has 0 N–H and O–H groups in total. The molecule has 0 aliphatic rings. The first-order valence-electron chi connectivity index (χ1n) is 17.6. The first-order chi connectivity index (χ1) is 25.8. The fraction of sp³-hybridized carbons (Fsp3) is 0. The van der Waals surface area contributed by atoms with E-state index in [0.717, 1.165) is 33.9 Å². The molecule has 0 saturated heterocycles. The van der Waals surface area contributed by atoms with E-state index < -0.39 is 0 Å². The Morgan fingerprint density at radius 2 is 0.769 bits per heavy atom. The van der Waals surface area contributed by atoms with Crippen LogP contribution in [0.5, 0.6) is 0 Å². The van der Waals surface area contributed by atoms with Gasteiger partial charge in [-0.15, -0.1) is 0 Å². The van der Waals surface area contributed by atoms with Gasteiger partial charge in [0.15, 0.2) is 0 Å². The summed E-state index contributed by atoms with van der Waals surface area (Å²) in [5.41, 5.74) is 12.7. The standard InChI is InChI=1S/C49H31N3/c1-2-11-41(34-18-20-35(21-19-34)42-26-24-38-23-22-36-8-7-9-37-25-27-43(42)49(38)48(36)37)40(10-1)33-16-14-32(15-17-33)39-30-46(44-12-3-5-28-50-44)52-47(31-39)45-13-4-6-29-51-45/h1-31H. The average molecular weight is 662 g/mol. The van der Waals surface area contributed by atoms with Crippen molar-refractivity contribution in [3.63, 3.8) is 0 Å². The molecule has 0 aliphatic heterocycles. The van der Waals surface area contributed by atoms with Gasteiger partial charge in [0.2, 0.25) is 0 Å². The summed E-state index contributed by atoms with van der Waals surface area (Å²) in [5.74, 6) is 0. The van der Waals surface area contributed by atoms with Gasteiger partial charge in [-0.3, -0.25) is 9.97 Å². The Balaban J connectivity index is 0.998. The van der Waals surface area contributed by atoms with Crippen LogP contribution < -0.4 is 0 Å². The Labute approximate surface area is 301 Å². The molecule has 52 heavy (non-hydrogen) atoms. The van der Waals surface area contributed by atoms with Crippen molar-refractivity contribution in [1.82, 2.24) is 15.0 Å². The van der Waals surface area contributed by atoms with Gasteiger partial charge in [-0.25, -0.2) is 4.98 Å². The normalized spacial score (nSPS) is 11.5. The van der Waals surface area contributed by atoms with Crippen LogP contribution in [0.15, 0.2) is 188 Å². The smallest absolute Gasteiger partial charge is 0.0900 e. The fourth-order valence-electron chi connectivity index (χ4n) is 7.63. The lowest BCUT2D eigenvalue weighted by Gasteiger charge is -2.15. The molecule has 0 amide bonds. The molecule has 0 bridgehead atoms. The highest BCUT2D eigenvalue weighted by Gasteiger charge is 2.14. The molecule has 0 fully saturated rings. The molecule has 242 valence electrons. The van der Waals surface area contributed by atoms with Gasteiger partial charge in [-0.1, -0.05) is 140 Å². The van der Waals surface area contributed by atoms with Crippen LogP contribution in [-0.4, -0.2) is 15.0 Å². The molecule has 0 radical (unpaired) electrons. The molecule has 3 nitrogen and oxygen atoms in total. The molecule has 7 aromatic carbocycles. The average Bonchev–Trinajstić information content (AvgIpc) is 3.23. The van der Waals surface area contributed by atoms with Crippen molar-refractivity contribution in [2.24, 2.45) is 0 Å². The second kappa shape index (κ2) is 12.4. The first-order valence-corrected chi connectivity index (χ1v) is 17.6.